The Morgan fingerprint density at radius 1 is 1.08 bits per heavy atom. The fraction of sp³-hybridized carbons (Fsp3) is 0.333. The van der Waals surface area contributed by atoms with E-state index in [1.165, 1.54) is 12.8 Å². The zero-order chi connectivity index (χ0) is 17.6. The molecule has 1 aromatic heterocycles. The molecule has 1 N–H and O–H groups in total. The summed E-state index contributed by atoms with van der Waals surface area (Å²) in [4.78, 5) is 20.0. The largest absolute Gasteiger partial charge is 0.348 e. The van der Waals surface area contributed by atoms with Crippen LogP contribution in [0.3, 0.4) is 0 Å². The molecule has 2 aromatic carbocycles. The number of hydrogen-bond donors (Lipinski definition) is 1. The number of fused-ring (bicyclic) bond motifs is 1. The van der Waals surface area contributed by atoms with Gasteiger partial charge >= 0.3 is 0 Å². The highest BCUT2D eigenvalue weighted by Crippen LogP contribution is 2.49. The molecule has 1 amide bonds. The van der Waals surface area contributed by atoms with Gasteiger partial charge in [-0.3, -0.25) is 4.79 Å². The number of aromatic nitrogens is 1. The highest BCUT2D eigenvalue weighted by molar-refractivity contribution is 7.22. The summed E-state index contributed by atoms with van der Waals surface area (Å²) >= 11 is 1.72. The van der Waals surface area contributed by atoms with Crippen molar-refractivity contribution < 1.29 is 4.79 Å². The summed E-state index contributed by atoms with van der Waals surface area (Å²) in [5, 5.41) is 4.24. The molecule has 0 radical (unpaired) electrons. The predicted octanol–water partition coefficient (Wildman–Crippen LogP) is 4.57. The van der Waals surface area contributed by atoms with E-state index in [0.717, 1.165) is 52.5 Å². The van der Waals surface area contributed by atoms with Crippen molar-refractivity contribution in [3.8, 4) is 0 Å². The number of benzene rings is 2. The van der Waals surface area contributed by atoms with Gasteiger partial charge in [0.2, 0.25) is 5.91 Å². The Balaban J connectivity index is 1.38. The fourth-order valence-corrected chi connectivity index (χ4v) is 4.87. The van der Waals surface area contributed by atoms with E-state index in [1.807, 2.05) is 30.3 Å². The summed E-state index contributed by atoms with van der Waals surface area (Å²) < 4.78 is 1.13. The third-order valence-corrected chi connectivity index (χ3v) is 6.60. The van der Waals surface area contributed by atoms with Gasteiger partial charge in [0.15, 0.2) is 5.13 Å². The minimum atomic E-state index is -0.343. The van der Waals surface area contributed by atoms with Crippen molar-refractivity contribution in [1.29, 1.82) is 0 Å². The molecule has 26 heavy (non-hydrogen) atoms. The minimum Gasteiger partial charge on any atom is -0.348 e. The van der Waals surface area contributed by atoms with E-state index >= 15 is 0 Å². The number of carbonyl (C=O) groups excluding carboxylic acids is 1. The molecule has 0 bridgehead atoms. The zero-order valence-corrected chi connectivity index (χ0v) is 15.4. The van der Waals surface area contributed by atoms with E-state index < -0.39 is 0 Å². The third kappa shape index (κ3) is 2.67. The second-order valence-corrected chi connectivity index (χ2v) is 8.28. The first-order valence-electron chi connectivity index (χ1n) is 9.27. The van der Waals surface area contributed by atoms with Gasteiger partial charge in [0.25, 0.3) is 0 Å². The first-order valence-corrected chi connectivity index (χ1v) is 10.1. The van der Waals surface area contributed by atoms with E-state index in [-0.39, 0.29) is 11.3 Å². The van der Waals surface area contributed by atoms with Crippen LogP contribution in [0.25, 0.3) is 10.2 Å². The van der Waals surface area contributed by atoms with E-state index in [1.54, 1.807) is 11.3 Å². The molecule has 1 aliphatic carbocycles. The third-order valence-electron chi connectivity index (χ3n) is 5.52. The second kappa shape index (κ2) is 6.09. The van der Waals surface area contributed by atoms with Crippen molar-refractivity contribution >= 4 is 38.3 Å². The van der Waals surface area contributed by atoms with Crippen LogP contribution in [-0.2, 0) is 10.2 Å². The molecule has 2 aliphatic rings. The fourth-order valence-electron chi connectivity index (χ4n) is 3.81. The summed E-state index contributed by atoms with van der Waals surface area (Å²) in [7, 11) is 0. The normalized spacial score (nSPS) is 18.2. The second-order valence-electron chi connectivity index (χ2n) is 7.28. The van der Waals surface area contributed by atoms with Crippen molar-refractivity contribution in [2.75, 3.05) is 23.3 Å². The van der Waals surface area contributed by atoms with Crippen LogP contribution in [0.5, 0.6) is 0 Å². The summed E-state index contributed by atoms with van der Waals surface area (Å²) in [5.41, 5.74) is 2.65. The van der Waals surface area contributed by atoms with Crippen molar-refractivity contribution in [3.05, 3.63) is 54.1 Å². The molecule has 1 aliphatic heterocycles. The molecule has 4 nitrogen and oxygen atoms in total. The van der Waals surface area contributed by atoms with Gasteiger partial charge in [-0.25, -0.2) is 4.98 Å². The molecule has 3 aromatic rings. The van der Waals surface area contributed by atoms with Gasteiger partial charge in [-0.1, -0.05) is 41.7 Å². The first-order chi connectivity index (χ1) is 12.7. The molecule has 0 atom stereocenters. The topological polar surface area (TPSA) is 45.2 Å². The Bertz CT molecular complexity index is 956. The van der Waals surface area contributed by atoms with Gasteiger partial charge < -0.3 is 10.2 Å². The van der Waals surface area contributed by atoms with Crippen LogP contribution in [0, 0.1) is 0 Å². The quantitative estimate of drug-likeness (QED) is 0.739. The molecule has 5 heteroatoms. The van der Waals surface area contributed by atoms with Crippen molar-refractivity contribution in [1.82, 2.24) is 4.98 Å². The van der Waals surface area contributed by atoms with Gasteiger partial charge in [-0.05, 0) is 49.4 Å². The Kier molecular flexibility index (Phi) is 3.71. The average molecular weight is 363 g/mol. The van der Waals surface area contributed by atoms with Gasteiger partial charge in [-0.2, -0.15) is 0 Å². The predicted molar refractivity (Wildman–Crippen MR) is 107 cm³/mol. The van der Waals surface area contributed by atoms with Gasteiger partial charge in [-0.15, -0.1) is 0 Å². The summed E-state index contributed by atoms with van der Waals surface area (Å²) in [5.74, 6) is 0.104. The number of anilines is 2. The van der Waals surface area contributed by atoms with Crippen LogP contribution in [0.4, 0.5) is 10.8 Å². The number of carbonyl (C=O) groups is 1. The van der Waals surface area contributed by atoms with E-state index in [9.17, 15) is 4.79 Å². The number of hydrogen-bond acceptors (Lipinski definition) is 4. The molecular weight excluding hydrogens is 342 g/mol. The lowest BCUT2D eigenvalue weighted by atomic mass is 9.95. The standard InChI is InChI=1S/C21H21N3OS/c25-19(21(10-11-21)15-6-2-1-3-7-15)22-16-8-9-17-18(14-16)26-20(23-17)24-12-4-5-13-24/h1-3,6-9,14H,4-5,10-13H2,(H,22,25). The Morgan fingerprint density at radius 3 is 2.58 bits per heavy atom. The molecule has 1 saturated carbocycles. The number of amides is 1. The van der Waals surface area contributed by atoms with Crippen LogP contribution < -0.4 is 10.2 Å². The Hall–Kier alpha value is -2.40. The lowest BCUT2D eigenvalue weighted by Gasteiger charge is -2.15. The molecule has 2 fully saturated rings. The van der Waals surface area contributed by atoms with Gasteiger partial charge in [0.1, 0.15) is 0 Å². The van der Waals surface area contributed by atoms with Crippen molar-refractivity contribution in [2.45, 2.75) is 31.1 Å². The highest BCUT2D eigenvalue weighted by atomic mass is 32.1. The number of nitrogens with one attached hydrogen (secondary N) is 1. The molecular formula is C21H21N3OS. The van der Waals surface area contributed by atoms with E-state index in [0.29, 0.717) is 0 Å². The Labute approximate surface area is 156 Å². The maximum absolute atomic E-state index is 12.9. The van der Waals surface area contributed by atoms with Crippen LogP contribution in [0.15, 0.2) is 48.5 Å². The van der Waals surface area contributed by atoms with Crippen molar-refractivity contribution in [3.63, 3.8) is 0 Å². The summed E-state index contributed by atoms with van der Waals surface area (Å²) in [6.45, 7) is 2.20. The van der Waals surface area contributed by atoms with Crippen molar-refractivity contribution in [2.24, 2.45) is 0 Å². The zero-order valence-electron chi connectivity index (χ0n) is 14.6. The number of rotatable bonds is 4. The maximum atomic E-state index is 12.9. The smallest absolute Gasteiger partial charge is 0.235 e. The molecule has 0 spiro atoms. The average Bonchev–Trinajstić information content (AvgIpc) is 3.11. The summed E-state index contributed by atoms with van der Waals surface area (Å²) in [6, 6.07) is 16.2. The number of thiazole rings is 1. The molecule has 0 unspecified atom stereocenters. The molecule has 5 rings (SSSR count). The molecule has 1 saturated heterocycles. The highest BCUT2D eigenvalue weighted by Gasteiger charge is 2.51. The first kappa shape index (κ1) is 15.8. The monoisotopic (exact) mass is 363 g/mol. The SMILES string of the molecule is O=C(Nc1ccc2nc(N3CCCC3)sc2c1)C1(c2ccccc2)CC1. The summed E-state index contributed by atoms with van der Waals surface area (Å²) in [6.07, 6.45) is 4.34. The van der Waals surface area contributed by atoms with Crippen LogP contribution in [-0.4, -0.2) is 24.0 Å². The molecule has 132 valence electrons. The van der Waals surface area contributed by atoms with Crippen LogP contribution >= 0.6 is 11.3 Å². The van der Waals surface area contributed by atoms with Gasteiger partial charge in [0.05, 0.1) is 15.6 Å². The van der Waals surface area contributed by atoms with Crippen LogP contribution in [0.2, 0.25) is 0 Å². The van der Waals surface area contributed by atoms with Crippen LogP contribution in [0.1, 0.15) is 31.2 Å². The Morgan fingerprint density at radius 2 is 1.85 bits per heavy atom. The minimum absolute atomic E-state index is 0.104. The maximum Gasteiger partial charge on any atom is 0.235 e. The molecule has 2 heterocycles. The lowest BCUT2D eigenvalue weighted by Crippen LogP contribution is -2.27. The number of nitrogens with zero attached hydrogens (tertiary/aromatic N) is 2. The van der Waals surface area contributed by atoms with E-state index in [4.69, 9.17) is 4.98 Å². The van der Waals surface area contributed by atoms with E-state index in [2.05, 4.69) is 28.4 Å². The van der Waals surface area contributed by atoms with Gasteiger partial charge in [0, 0.05) is 18.8 Å². The lowest BCUT2D eigenvalue weighted by molar-refractivity contribution is -0.118.